The van der Waals surface area contributed by atoms with Crippen LogP contribution in [0.5, 0.6) is 0 Å². The average Bonchev–Trinajstić information content (AvgIpc) is 2.15. The van der Waals surface area contributed by atoms with Crippen LogP contribution in [0, 0.1) is 11.8 Å². The number of carbonyl (C=O) groups is 1. The van der Waals surface area contributed by atoms with Crippen molar-refractivity contribution in [1.82, 2.24) is 0 Å². The predicted molar refractivity (Wildman–Crippen MR) is 54.9 cm³/mol. The first-order valence-electron chi connectivity index (χ1n) is 4.77. The summed E-state index contributed by atoms with van der Waals surface area (Å²) in [6, 6.07) is 0. The molecule has 0 N–H and O–H groups in total. The van der Waals surface area contributed by atoms with Gasteiger partial charge >= 0.3 is 5.97 Å². The maximum atomic E-state index is 11.1. The first kappa shape index (κ1) is 12.8. The Bertz CT molecular complexity index is 148. The van der Waals surface area contributed by atoms with Gasteiger partial charge in [-0.05, 0) is 18.8 Å². The number of carbonyl (C=O) groups excluding carboxylic acids is 1. The van der Waals surface area contributed by atoms with Gasteiger partial charge < -0.3 is 4.74 Å². The van der Waals surface area contributed by atoms with E-state index in [-0.39, 0.29) is 11.9 Å². The zero-order chi connectivity index (χ0) is 10.3. The quantitative estimate of drug-likeness (QED) is 0.380. The van der Waals surface area contributed by atoms with Gasteiger partial charge in [0.1, 0.15) is 0 Å². The molecule has 0 radical (unpaired) electrons. The lowest BCUT2D eigenvalue weighted by atomic mass is 9.91. The van der Waals surface area contributed by atoms with Crippen LogP contribution < -0.4 is 0 Å². The molecule has 0 amide bonds. The van der Waals surface area contributed by atoms with E-state index in [2.05, 4.69) is 11.7 Å². The summed E-state index contributed by atoms with van der Waals surface area (Å²) >= 11 is 5.56. The van der Waals surface area contributed by atoms with E-state index in [0.717, 1.165) is 19.3 Å². The van der Waals surface area contributed by atoms with Gasteiger partial charge in [0.15, 0.2) is 0 Å². The molecule has 2 atom stereocenters. The second kappa shape index (κ2) is 7.19. The Kier molecular flexibility index (Phi) is 7.06. The zero-order valence-electron chi connectivity index (χ0n) is 8.68. The topological polar surface area (TPSA) is 26.3 Å². The molecule has 0 bridgehead atoms. The molecule has 0 aliphatic heterocycles. The number of rotatable bonds is 6. The Morgan fingerprint density at radius 3 is 2.46 bits per heavy atom. The third kappa shape index (κ3) is 5.14. The van der Waals surface area contributed by atoms with Gasteiger partial charge in [0, 0.05) is 5.88 Å². The van der Waals surface area contributed by atoms with Crippen molar-refractivity contribution in [3.63, 3.8) is 0 Å². The summed E-state index contributed by atoms with van der Waals surface area (Å²) in [6.45, 7) is 3.99. The lowest BCUT2D eigenvalue weighted by molar-refractivity contribution is -0.146. The normalized spacial score (nSPS) is 15.1. The van der Waals surface area contributed by atoms with Crippen molar-refractivity contribution >= 4 is 17.6 Å². The van der Waals surface area contributed by atoms with E-state index in [4.69, 9.17) is 11.6 Å². The summed E-state index contributed by atoms with van der Waals surface area (Å²) in [4.78, 5) is 11.1. The Morgan fingerprint density at radius 2 is 2.00 bits per heavy atom. The summed E-state index contributed by atoms with van der Waals surface area (Å²) < 4.78 is 4.67. The highest BCUT2D eigenvalue weighted by Crippen LogP contribution is 2.18. The van der Waals surface area contributed by atoms with Gasteiger partial charge in [-0.15, -0.1) is 11.6 Å². The van der Waals surface area contributed by atoms with Crippen LogP contribution in [-0.4, -0.2) is 19.0 Å². The monoisotopic (exact) mass is 206 g/mol. The first-order valence-corrected chi connectivity index (χ1v) is 5.30. The number of unbranched alkanes of at least 4 members (excludes halogenated alkanes) is 1. The summed E-state index contributed by atoms with van der Waals surface area (Å²) in [5.41, 5.74) is 0. The molecule has 0 spiro atoms. The molecule has 3 heteroatoms. The minimum Gasteiger partial charge on any atom is -0.469 e. The van der Waals surface area contributed by atoms with E-state index >= 15 is 0 Å². The maximum Gasteiger partial charge on any atom is 0.308 e. The highest BCUT2D eigenvalue weighted by molar-refractivity contribution is 6.17. The standard InChI is InChI=1S/C10H19ClO2/c1-8(6-4-5-7-11)9(2)10(12)13-3/h8-9H,4-7H2,1-3H3/t8-,9-/m1/s1. The third-order valence-corrected chi connectivity index (χ3v) is 2.74. The second-order valence-corrected chi connectivity index (χ2v) is 3.85. The number of ether oxygens (including phenoxy) is 1. The summed E-state index contributed by atoms with van der Waals surface area (Å²) in [5, 5.41) is 0. The molecular weight excluding hydrogens is 188 g/mol. The van der Waals surface area contributed by atoms with Crippen molar-refractivity contribution in [2.24, 2.45) is 11.8 Å². The molecule has 13 heavy (non-hydrogen) atoms. The Balaban J connectivity index is 3.68. The van der Waals surface area contributed by atoms with Crippen molar-refractivity contribution in [3.05, 3.63) is 0 Å². The largest absolute Gasteiger partial charge is 0.469 e. The van der Waals surface area contributed by atoms with Crippen molar-refractivity contribution in [1.29, 1.82) is 0 Å². The molecule has 0 saturated heterocycles. The van der Waals surface area contributed by atoms with E-state index in [1.54, 1.807) is 0 Å². The molecule has 0 aliphatic rings. The Hall–Kier alpha value is -0.240. The lowest BCUT2D eigenvalue weighted by Gasteiger charge is -2.16. The molecule has 2 nitrogen and oxygen atoms in total. The minimum absolute atomic E-state index is 0.000301. The smallest absolute Gasteiger partial charge is 0.308 e. The van der Waals surface area contributed by atoms with E-state index < -0.39 is 0 Å². The summed E-state index contributed by atoms with van der Waals surface area (Å²) in [6.07, 6.45) is 3.16. The fourth-order valence-corrected chi connectivity index (χ4v) is 1.42. The summed E-state index contributed by atoms with van der Waals surface area (Å²) in [5.74, 6) is 0.980. The Morgan fingerprint density at radius 1 is 1.38 bits per heavy atom. The molecule has 0 fully saturated rings. The number of methoxy groups -OCH3 is 1. The van der Waals surface area contributed by atoms with Gasteiger partial charge in [-0.3, -0.25) is 4.79 Å². The average molecular weight is 207 g/mol. The highest BCUT2D eigenvalue weighted by atomic mass is 35.5. The molecule has 0 heterocycles. The van der Waals surface area contributed by atoms with Crippen molar-refractivity contribution in [2.45, 2.75) is 33.1 Å². The van der Waals surface area contributed by atoms with Crippen LogP contribution in [0.15, 0.2) is 0 Å². The van der Waals surface area contributed by atoms with Gasteiger partial charge in [-0.1, -0.05) is 20.3 Å². The number of hydrogen-bond donors (Lipinski definition) is 0. The molecule has 0 saturated carbocycles. The van der Waals surface area contributed by atoms with Crippen molar-refractivity contribution in [3.8, 4) is 0 Å². The molecule has 0 aliphatic carbocycles. The Labute approximate surface area is 85.6 Å². The molecular formula is C10H19ClO2. The molecule has 0 unspecified atom stereocenters. The molecule has 0 aromatic carbocycles. The van der Waals surface area contributed by atoms with E-state index in [9.17, 15) is 4.79 Å². The third-order valence-electron chi connectivity index (χ3n) is 2.47. The van der Waals surface area contributed by atoms with Gasteiger partial charge in [-0.25, -0.2) is 0 Å². The van der Waals surface area contributed by atoms with Crippen molar-refractivity contribution in [2.75, 3.05) is 13.0 Å². The van der Waals surface area contributed by atoms with Crippen LogP contribution in [0.3, 0.4) is 0 Å². The van der Waals surface area contributed by atoms with E-state index in [1.165, 1.54) is 7.11 Å². The van der Waals surface area contributed by atoms with Gasteiger partial charge in [0.2, 0.25) is 0 Å². The number of halogens is 1. The highest BCUT2D eigenvalue weighted by Gasteiger charge is 2.19. The predicted octanol–water partition coefficient (Wildman–Crippen LogP) is 2.84. The molecule has 0 aromatic rings. The maximum absolute atomic E-state index is 11.1. The van der Waals surface area contributed by atoms with Crippen LogP contribution in [0.2, 0.25) is 0 Å². The van der Waals surface area contributed by atoms with E-state index in [1.807, 2.05) is 6.92 Å². The van der Waals surface area contributed by atoms with Crippen LogP contribution in [0.25, 0.3) is 0 Å². The van der Waals surface area contributed by atoms with Crippen LogP contribution in [-0.2, 0) is 9.53 Å². The van der Waals surface area contributed by atoms with Crippen LogP contribution >= 0.6 is 11.6 Å². The van der Waals surface area contributed by atoms with Gasteiger partial charge in [0.05, 0.1) is 13.0 Å². The molecule has 78 valence electrons. The second-order valence-electron chi connectivity index (χ2n) is 3.47. The first-order chi connectivity index (χ1) is 6.13. The number of esters is 1. The van der Waals surface area contributed by atoms with Gasteiger partial charge in [0.25, 0.3) is 0 Å². The number of alkyl halides is 1. The number of hydrogen-bond acceptors (Lipinski definition) is 2. The lowest BCUT2D eigenvalue weighted by Crippen LogP contribution is -2.20. The fraction of sp³-hybridized carbons (Fsp3) is 0.900. The van der Waals surface area contributed by atoms with Crippen molar-refractivity contribution < 1.29 is 9.53 Å². The molecule has 0 rings (SSSR count). The van der Waals surface area contributed by atoms with E-state index in [0.29, 0.717) is 11.8 Å². The summed E-state index contributed by atoms with van der Waals surface area (Å²) in [7, 11) is 1.43. The zero-order valence-corrected chi connectivity index (χ0v) is 9.43. The van der Waals surface area contributed by atoms with Crippen LogP contribution in [0.1, 0.15) is 33.1 Å². The van der Waals surface area contributed by atoms with Crippen LogP contribution in [0.4, 0.5) is 0 Å². The minimum atomic E-state index is -0.113. The fourth-order valence-electron chi connectivity index (χ4n) is 1.23. The van der Waals surface area contributed by atoms with Gasteiger partial charge in [-0.2, -0.15) is 0 Å². The molecule has 0 aromatic heterocycles. The SMILES string of the molecule is COC(=O)[C@H](C)[C@H](C)CCCCCl.